The van der Waals surface area contributed by atoms with Crippen LogP contribution in [0.25, 0.3) is 23.4 Å². The normalized spacial score (nSPS) is 17.1. The molecule has 0 aliphatic carbocycles. The fraction of sp³-hybridized carbons (Fsp3) is 0.286. The summed E-state index contributed by atoms with van der Waals surface area (Å²) in [5.41, 5.74) is 2.70. The van der Waals surface area contributed by atoms with Gasteiger partial charge in [-0.25, -0.2) is 4.98 Å². The highest BCUT2D eigenvalue weighted by Gasteiger charge is 2.18. The summed E-state index contributed by atoms with van der Waals surface area (Å²) >= 11 is 1.36. The fourth-order valence-electron chi connectivity index (χ4n) is 3.12. The van der Waals surface area contributed by atoms with Gasteiger partial charge in [0.2, 0.25) is 0 Å². The van der Waals surface area contributed by atoms with Gasteiger partial charge in [-0.05, 0) is 31.9 Å². The van der Waals surface area contributed by atoms with Gasteiger partial charge in [0.1, 0.15) is 21.3 Å². The van der Waals surface area contributed by atoms with Crippen LogP contribution in [0.1, 0.15) is 38.8 Å². The van der Waals surface area contributed by atoms with Gasteiger partial charge >= 0.3 is 0 Å². The maximum atomic E-state index is 12.4. The zero-order valence-electron chi connectivity index (χ0n) is 15.6. The van der Waals surface area contributed by atoms with Crippen LogP contribution in [0.2, 0.25) is 0 Å². The van der Waals surface area contributed by atoms with Crippen LogP contribution in [0.5, 0.6) is 0 Å². The van der Waals surface area contributed by atoms with E-state index in [-0.39, 0.29) is 11.9 Å². The van der Waals surface area contributed by atoms with Gasteiger partial charge in [-0.15, -0.1) is 11.3 Å². The van der Waals surface area contributed by atoms with E-state index in [1.165, 1.54) is 11.3 Å². The molecule has 28 heavy (non-hydrogen) atoms. The lowest BCUT2D eigenvalue weighted by Gasteiger charge is -2.22. The summed E-state index contributed by atoms with van der Waals surface area (Å²) in [7, 11) is 0. The molecule has 0 unspecified atom stereocenters. The van der Waals surface area contributed by atoms with Crippen molar-refractivity contribution in [1.29, 1.82) is 0 Å². The Morgan fingerprint density at radius 3 is 2.93 bits per heavy atom. The van der Waals surface area contributed by atoms with E-state index in [2.05, 4.69) is 15.5 Å². The van der Waals surface area contributed by atoms with Crippen molar-refractivity contribution in [3.8, 4) is 11.3 Å². The number of carbonyl (C=O) groups excluding carboxylic acids is 1. The molecule has 1 aliphatic heterocycles. The van der Waals surface area contributed by atoms with Gasteiger partial charge in [0.25, 0.3) is 5.91 Å². The Balaban J connectivity index is 1.48. The van der Waals surface area contributed by atoms with Crippen LogP contribution in [0, 0.1) is 6.92 Å². The number of aryl methyl sites for hydroxylation is 1. The summed E-state index contributed by atoms with van der Waals surface area (Å²) < 4.78 is 10.8. The number of benzene rings is 1. The molecular weight excluding hydrogens is 374 g/mol. The highest BCUT2D eigenvalue weighted by Crippen LogP contribution is 2.27. The lowest BCUT2D eigenvalue weighted by molar-refractivity contribution is 0.0626. The number of aromatic nitrogens is 2. The maximum Gasteiger partial charge on any atom is 0.263 e. The predicted molar refractivity (Wildman–Crippen MR) is 109 cm³/mol. The number of nitrogens with one attached hydrogen (secondary N) is 1. The summed E-state index contributed by atoms with van der Waals surface area (Å²) in [4.78, 5) is 17.4. The third-order valence-corrected chi connectivity index (χ3v) is 5.55. The van der Waals surface area contributed by atoms with Crippen LogP contribution in [0.15, 0.2) is 41.1 Å². The molecule has 3 heterocycles. The number of thiazole rings is 1. The van der Waals surface area contributed by atoms with Gasteiger partial charge in [-0.1, -0.05) is 35.5 Å². The van der Waals surface area contributed by atoms with Crippen molar-refractivity contribution in [2.75, 3.05) is 13.2 Å². The molecule has 0 saturated carbocycles. The Hall–Kier alpha value is -2.77. The molecule has 0 radical (unpaired) electrons. The van der Waals surface area contributed by atoms with Gasteiger partial charge in [0, 0.05) is 17.7 Å². The molecule has 1 N–H and O–H groups in total. The highest BCUT2D eigenvalue weighted by molar-refractivity contribution is 7.14. The Labute approximate surface area is 167 Å². The fourth-order valence-corrected chi connectivity index (χ4v) is 3.84. The smallest absolute Gasteiger partial charge is 0.263 e. The van der Waals surface area contributed by atoms with E-state index in [4.69, 9.17) is 9.26 Å². The standard InChI is InChI=1S/C21H21N3O3S/c1-14-17(20(24-27-14)15-6-3-2-4-7-15)9-10-19-22-12-18(28-19)21(25)23-16-8-5-11-26-13-16/h2-4,6-7,9-10,12,16H,5,8,11,13H2,1H3,(H,23,25)/b10-9+/t16-/m1/s1. The average Bonchev–Trinajstić information content (AvgIpc) is 3.34. The number of nitrogens with zero attached hydrogens (tertiary/aromatic N) is 2. The lowest BCUT2D eigenvalue weighted by atomic mass is 10.1. The Kier molecular flexibility index (Phi) is 5.64. The monoisotopic (exact) mass is 395 g/mol. The summed E-state index contributed by atoms with van der Waals surface area (Å²) in [5, 5.41) is 7.95. The molecule has 2 aromatic heterocycles. The molecule has 0 bridgehead atoms. The van der Waals surface area contributed by atoms with Crippen LogP contribution < -0.4 is 5.32 Å². The molecule has 6 nitrogen and oxygen atoms in total. The minimum Gasteiger partial charge on any atom is -0.379 e. The first kappa shape index (κ1) is 18.6. The van der Waals surface area contributed by atoms with Crippen LogP contribution in [0.4, 0.5) is 0 Å². The SMILES string of the molecule is Cc1onc(-c2ccccc2)c1/C=C/c1ncc(C(=O)N[C@@H]2CCCOC2)s1. The van der Waals surface area contributed by atoms with Gasteiger partial charge in [-0.3, -0.25) is 4.79 Å². The minimum atomic E-state index is -0.0983. The maximum absolute atomic E-state index is 12.4. The molecule has 1 saturated heterocycles. The number of amides is 1. The molecule has 1 aliphatic rings. The van der Waals surface area contributed by atoms with Crippen molar-refractivity contribution in [3.05, 3.63) is 57.7 Å². The number of carbonyl (C=O) groups is 1. The van der Waals surface area contributed by atoms with Crippen molar-refractivity contribution in [1.82, 2.24) is 15.5 Å². The van der Waals surface area contributed by atoms with Gasteiger partial charge in [0.05, 0.1) is 18.8 Å². The highest BCUT2D eigenvalue weighted by atomic mass is 32.1. The van der Waals surface area contributed by atoms with E-state index >= 15 is 0 Å². The van der Waals surface area contributed by atoms with Gasteiger partial charge < -0.3 is 14.6 Å². The van der Waals surface area contributed by atoms with E-state index in [9.17, 15) is 4.79 Å². The first-order valence-electron chi connectivity index (χ1n) is 9.25. The first-order chi connectivity index (χ1) is 13.7. The number of ether oxygens (including phenoxy) is 1. The Bertz CT molecular complexity index is 972. The van der Waals surface area contributed by atoms with Crippen LogP contribution >= 0.6 is 11.3 Å². The molecule has 3 aromatic rings. The quantitative estimate of drug-likeness (QED) is 0.701. The minimum absolute atomic E-state index is 0.0791. The molecule has 1 fully saturated rings. The summed E-state index contributed by atoms with van der Waals surface area (Å²) in [6, 6.07) is 9.97. The zero-order chi connectivity index (χ0) is 19.3. The van der Waals surface area contributed by atoms with Crippen molar-refractivity contribution in [2.45, 2.75) is 25.8 Å². The van der Waals surface area contributed by atoms with Gasteiger partial charge in [-0.2, -0.15) is 0 Å². The molecule has 1 aromatic carbocycles. The van der Waals surface area contributed by atoms with Gasteiger partial charge in [0.15, 0.2) is 0 Å². The molecule has 0 spiro atoms. The lowest BCUT2D eigenvalue weighted by Crippen LogP contribution is -2.40. The van der Waals surface area contributed by atoms with Crippen LogP contribution in [0.3, 0.4) is 0 Å². The van der Waals surface area contributed by atoms with E-state index in [0.717, 1.165) is 47.0 Å². The predicted octanol–water partition coefficient (Wildman–Crippen LogP) is 4.19. The average molecular weight is 395 g/mol. The van der Waals surface area contributed by atoms with E-state index in [0.29, 0.717) is 11.5 Å². The number of hydrogen-bond donors (Lipinski definition) is 1. The molecular formula is C21H21N3O3S. The van der Waals surface area contributed by atoms with E-state index in [1.807, 2.05) is 49.4 Å². The van der Waals surface area contributed by atoms with E-state index in [1.54, 1.807) is 6.20 Å². The Morgan fingerprint density at radius 2 is 2.14 bits per heavy atom. The molecule has 1 amide bonds. The number of rotatable bonds is 5. The van der Waals surface area contributed by atoms with Crippen molar-refractivity contribution in [2.24, 2.45) is 0 Å². The number of hydrogen-bond acceptors (Lipinski definition) is 6. The van der Waals surface area contributed by atoms with Crippen molar-refractivity contribution in [3.63, 3.8) is 0 Å². The third kappa shape index (κ3) is 4.21. The second kappa shape index (κ2) is 8.50. The topological polar surface area (TPSA) is 77.2 Å². The summed E-state index contributed by atoms with van der Waals surface area (Å²) in [5.74, 6) is 0.640. The largest absolute Gasteiger partial charge is 0.379 e. The second-order valence-electron chi connectivity index (χ2n) is 6.65. The second-order valence-corrected chi connectivity index (χ2v) is 7.71. The third-order valence-electron chi connectivity index (χ3n) is 4.59. The molecule has 144 valence electrons. The van der Waals surface area contributed by atoms with Crippen molar-refractivity contribution < 1.29 is 14.1 Å². The van der Waals surface area contributed by atoms with Crippen LogP contribution in [-0.2, 0) is 4.74 Å². The molecule has 7 heteroatoms. The van der Waals surface area contributed by atoms with Crippen LogP contribution in [-0.4, -0.2) is 35.3 Å². The van der Waals surface area contributed by atoms with Crippen molar-refractivity contribution >= 4 is 29.4 Å². The van der Waals surface area contributed by atoms with E-state index < -0.39 is 0 Å². The summed E-state index contributed by atoms with van der Waals surface area (Å²) in [6.45, 7) is 3.23. The zero-order valence-corrected chi connectivity index (χ0v) is 16.4. The molecule has 4 rings (SSSR count). The summed E-state index contributed by atoms with van der Waals surface area (Å²) in [6.07, 6.45) is 7.36. The first-order valence-corrected chi connectivity index (χ1v) is 10.1. The Morgan fingerprint density at radius 1 is 1.29 bits per heavy atom. The molecule has 1 atom stereocenters.